The second-order valence-corrected chi connectivity index (χ2v) is 9.89. The minimum absolute atomic E-state index is 0.0502. The van der Waals surface area contributed by atoms with Gasteiger partial charge in [0.2, 0.25) is 11.0 Å². The number of benzene rings is 3. The molecule has 4 rings (SSSR count). The molecule has 0 aliphatic rings. The average Bonchev–Trinajstić information content (AvgIpc) is 3.27. The van der Waals surface area contributed by atoms with E-state index in [4.69, 9.17) is 4.74 Å². The number of hydrogen-bond acceptors (Lipinski definition) is 8. The second kappa shape index (κ2) is 11.0. The lowest BCUT2D eigenvalue weighted by Gasteiger charge is -2.10. The molecule has 0 aliphatic carbocycles. The molecule has 3 aromatic carbocycles. The number of anilines is 3. The molecule has 9 heteroatoms. The molecule has 0 radical (unpaired) electrons. The van der Waals surface area contributed by atoms with Crippen LogP contribution in [0.15, 0.2) is 83.2 Å². The number of carbonyl (C=O) groups is 2. The van der Waals surface area contributed by atoms with Gasteiger partial charge in [0, 0.05) is 16.9 Å². The van der Waals surface area contributed by atoms with Gasteiger partial charge in [0.15, 0.2) is 10.1 Å². The number of aromatic nitrogens is 2. The maximum atomic E-state index is 12.6. The normalized spacial score (nSPS) is 11.5. The fourth-order valence-electron chi connectivity index (χ4n) is 2.93. The van der Waals surface area contributed by atoms with Gasteiger partial charge in [-0.3, -0.25) is 9.59 Å². The van der Waals surface area contributed by atoms with E-state index in [1.165, 1.54) is 30.0 Å². The summed E-state index contributed by atoms with van der Waals surface area (Å²) in [5, 5.41) is 14.6. The first kappa shape index (κ1) is 23.5. The van der Waals surface area contributed by atoms with Crippen LogP contribution in [0.2, 0.25) is 0 Å². The van der Waals surface area contributed by atoms with Crippen molar-refractivity contribution in [1.29, 1.82) is 0 Å². The number of thioether (sulfide) groups is 1. The molecule has 0 fully saturated rings. The van der Waals surface area contributed by atoms with Crippen molar-refractivity contribution in [1.82, 2.24) is 10.2 Å². The van der Waals surface area contributed by atoms with Gasteiger partial charge in [-0.2, -0.15) is 0 Å². The fourth-order valence-corrected chi connectivity index (χ4v) is 4.84. The Balaban J connectivity index is 1.31. The standard InChI is InChI=1S/C25H22N4O3S2/c1-16(30)18-7-6-8-20(15-18)26-23(31)17(2)33-25-29-28-24(34-25)27-19-11-13-22(14-12-19)32-21-9-4-3-5-10-21/h3-15,17H,1-2H3,(H,26,31)(H,27,28)/t17-/m1/s1. The van der Waals surface area contributed by atoms with Crippen LogP contribution in [0.25, 0.3) is 0 Å². The molecular formula is C25H22N4O3S2. The van der Waals surface area contributed by atoms with Crippen molar-refractivity contribution in [2.24, 2.45) is 0 Å². The molecule has 4 aromatic rings. The highest BCUT2D eigenvalue weighted by atomic mass is 32.2. The molecule has 7 nitrogen and oxygen atoms in total. The van der Waals surface area contributed by atoms with E-state index < -0.39 is 5.25 Å². The lowest BCUT2D eigenvalue weighted by Crippen LogP contribution is -2.22. The molecule has 2 N–H and O–H groups in total. The van der Waals surface area contributed by atoms with Gasteiger partial charge in [0.05, 0.1) is 5.25 Å². The Labute approximate surface area is 205 Å². The Morgan fingerprint density at radius 3 is 2.38 bits per heavy atom. The number of para-hydroxylation sites is 1. The molecule has 172 valence electrons. The Morgan fingerprint density at radius 2 is 1.65 bits per heavy atom. The smallest absolute Gasteiger partial charge is 0.237 e. The summed E-state index contributed by atoms with van der Waals surface area (Å²) in [7, 11) is 0. The Hall–Kier alpha value is -3.69. The Bertz CT molecular complexity index is 1280. The fraction of sp³-hybridized carbons (Fsp3) is 0.120. The van der Waals surface area contributed by atoms with Gasteiger partial charge in [0.25, 0.3) is 0 Å². The van der Waals surface area contributed by atoms with Crippen LogP contribution < -0.4 is 15.4 Å². The van der Waals surface area contributed by atoms with Crippen LogP contribution in [0.3, 0.4) is 0 Å². The summed E-state index contributed by atoms with van der Waals surface area (Å²) in [6, 6.07) is 24.0. The maximum Gasteiger partial charge on any atom is 0.237 e. The summed E-state index contributed by atoms with van der Waals surface area (Å²) in [5.74, 6) is 1.29. The number of nitrogens with one attached hydrogen (secondary N) is 2. The largest absolute Gasteiger partial charge is 0.457 e. The summed E-state index contributed by atoms with van der Waals surface area (Å²) in [6.07, 6.45) is 0. The molecule has 1 atom stereocenters. The molecule has 34 heavy (non-hydrogen) atoms. The van der Waals surface area contributed by atoms with Gasteiger partial charge >= 0.3 is 0 Å². The van der Waals surface area contributed by atoms with E-state index >= 15 is 0 Å². The van der Waals surface area contributed by atoms with E-state index in [2.05, 4.69) is 20.8 Å². The molecule has 0 bridgehead atoms. The number of hydrogen-bond donors (Lipinski definition) is 2. The zero-order chi connectivity index (χ0) is 23.9. The number of ketones is 1. The quantitative estimate of drug-likeness (QED) is 0.207. The summed E-state index contributed by atoms with van der Waals surface area (Å²) in [6.45, 7) is 3.29. The number of rotatable bonds is 9. The molecule has 0 saturated carbocycles. The van der Waals surface area contributed by atoms with Crippen molar-refractivity contribution in [3.63, 3.8) is 0 Å². The first-order chi connectivity index (χ1) is 16.5. The zero-order valence-corrected chi connectivity index (χ0v) is 20.2. The van der Waals surface area contributed by atoms with Gasteiger partial charge in [-0.1, -0.05) is 53.4 Å². The third-order valence-corrected chi connectivity index (χ3v) is 6.70. The summed E-state index contributed by atoms with van der Waals surface area (Å²) < 4.78 is 6.48. The third kappa shape index (κ3) is 6.43. The van der Waals surface area contributed by atoms with Crippen LogP contribution >= 0.6 is 23.1 Å². The Morgan fingerprint density at radius 1 is 0.912 bits per heavy atom. The van der Waals surface area contributed by atoms with Crippen molar-refractivity contribution in [2.45, 2.75) is 23.4 Å². The van der Waals surface area contributed by atoms with E-state index in [9.17, 15) is 9.59 Å². The number of ether oxygens (including phenoxy) is 1. The van der Waals surface area contributed by atoms with Crippen molar-refractivity contribution in [2.75, 3.05) is 10.6 Å². The van der Waals surface area contributed by atoms with E-state index in [1.807, 2.05) is 54.6 Å². The molecule has 1 heterocycles. The molecule has 1 amide bonds. The highest BCUT2D eigenvalue weighted by Gasteiger charge is 2.18. The van der Waals surface area contributed by atoms with E-state index in [0.29, 0.717) is 20.7 Å². The van der Waals surface area contributed by atoms with Crippen LogP contribution in [0.5, 0.6) is 11.5 Å². The van der Waals surface area contributed by atoms with Crippen molar-refractivity contribution in [3.8, 4) is 11.5 Å². The summed E-state index contributed by atoms with van der Waals surface area (Å²) in [5.41, 5.74) is 1.99. The highest BCUT2D eigenvalue weighted by molar-refractivity contribution is 8.02. The van der Waals surface area contributed by atoms with Gasteiger partial charge in [-0.05, 0) is 62.4 Å². The number of amides is 1. The highest BCUT2D eigenvalue weighted by Crippen LogP contribution is 2.31. The predicted molar refractivity (Wildman–Crippen MR) is 137 cm³/mol. The summed E-state index contributed by atoms with van der Waals surface area (Å²) in [4.78, 5) is 24.1. The number of nitrogens with zero attached hydrogens (tertiary/aromatic N) is 2. The summed E-state index contributed by atoms with van der Waals surface area (Å²) >= 11 is 2.69. The van der Waals surface area contributed by atoms with Crippen molar-refractivity contribution in [3.05, 3.63) is 84.4 Å². The van der Waals surface area contributed by atoms with Crippen LogP contribution in [0.4, 0.5) is 16.5 Å². The van der Waals surface area contributed by atoms with Gasteiger partial charge in [0.1, 0.15) is 11.5 Å². The maximum absolute atomic E-state index is 12.6. The minimum Gasteiger partial charge on any atom is -0.457 e. The van der Waals surface area contributed by atoms with Crippen molar-refractivity contribution >= 4 is 51.3 Å². The van der Waals surface area contributed by atoms with Crippen LogP contribution in [0, 0.1) is 0 Å². The lowest BCUT2D eigenvalue weighted by molar-refractivity contribution is -0.115. The molecule has 0 unspecified atom stereocenters. The lowest BCUT2D eigenvalue weighted by atomic mass is 10.1. The zero-order valence-electron chi connectivity index (χ0n) is 18.5. The molecule has 0 aliphatic heterocycles. The van der Waals surface area contributed by atoms with Gasteiger partial charge in [-0.25, -0.2) is 0 Å². The van der Waals surface area contributed by atoms with Gasteiger partial charge < -0.3 is 15.4 Å². The molecule has 0 spiro atoms. The van der Waals surface area contributed by atoms with Gasteiger partial charge in [-0.15, -0.1) is 10.2 Å². The molecule has 0 saturated heterocycles. The SMILES string of the molecule is CC(=O)c1cccc(NC(=O)[C@@H](C)Sc2nnc(Nc3ccc(Oc4ccccc4)cc3)s2)c1. The van der Waals surface area contributed by atoms with E-state index in [0.717, 1.165) is 17.2 Å². The first-order valence-electron chi connectivity index (χ1n) is 10.5. The third-order valence-electron chi connectivity index (χ3n) is 4.67. The van der Waals surface area contributed by atoms with Crippen LogP contribution in [-0.2, 0) is 4.79 Å². The second-order valence-electron chi connectivity index (χ2n) is 7.32. The Kier molecular flexibility index (Phi) is 7.56. The van der Waals surface area contributed by atoms with Crippen LogP contribution in [-0.4, -0.2) is 27.1 Å². The molecular weight excluding hydrogens is 468 g/mol. The first-order valence-corrected chi connectivity index (χ1v) is 12.2. The predicted octanol–water partition coefficient (Wildman–Crippen LogP) is 6.40. The van der Waals surface area contributed by atoms with E-state index in [-0.39, 0.29) is 11.7 Å². The number of carbonyl (C=O) groups excluding carboxylic acids is 2. The topological polar surface area (TPSA) is 93.2 Å². The monoisotopic (exact) mass is 490 g/mol. The average molecular weight is 491 g/mol. The van der Waals surface area contributed by atoms with E-state index in [1.54, 1.807) is 31.2 Å². The molecule has 1 aromatic heterocycles. The van der Waals surface area contributed by atoms with Crippen LogP contribution in [0.1, 0.15) is 24.2 Å². The minimum atomic E-state index is -0.392. The van der Waals surface area contributed by atoms with Crippen molar-refractivity contribution < 1.29 is 14.3 Å². The number of Topliss-reactive ketones (excluding diaryl/α,β-unsaturated/α-hetero) is 1.